The molecular formula is C14H19N5O. The maximum absolute atomic E-state index is 11.4. The molecule has 0 atom stereocenters. The van der Waals surface area contributed by atoms with Crippen molar-refractivity contribution in [3.8, 4) is 0 Å². The van der Waals surface area contributed by atoms with Gasteiger partial charge in [-0.3, -0.25) is 9.89 Å². The fourth-order valence-electron chi connectivity index (χ4n) is 1.88. The number of aromatic nitrogens is 3. The van der Waals surface area contributed by atoms with Gasteiger partial charge in [-0.05, 0) is 30.7 Å². The summed E-state index contributed by atoms with van der Waals surface area (Å²) in [5.74, 6) is 0.860. The number of aromatic amines is 1. The summed E-state index contributed by atoms with van der Waals surface area (Å²) < 4.78 is 0. The summed E-state index contributed by atoms with van der Waals surface area (Å²) in [5.41, 5.74) is 1.85. The van der Waals surface area contributed by atoms with E-state index in [1.807, 2.05) is 24.3 Å². The van der Waals surface area contributed by atoms with Gasteiger partial charge in [0, 0.05) is 25.6 Å². The number of rotatable bonds is 7. The Labute approximate surface area is 118 Å². The van der Waals surface area contributed by atoms with Crippen LogP contribution in [0.15, 0.2) is 30.6 Å². The van der Waals surface area contributed by atoms with Crippen molar-refractivity contribution in [2.24, 2.45) is 0 Å². The molecule has 0 radical (unpaired) electrons. The zero-order valence-corrected chi connectivity index (χ0v) is 11.5. The first-order chi connectivity index (χ1) is 9.79. The lowest BCUT2D eigenvalue weighted by molar-refractivity contribution is 0.0963. The van der Waals surface area contributed by atoms with E-state index in [1.54, 1.807) is 7.05 Å². The smallest absolute Gasteiger partial charge is 0.251 e. The van der Waals surface area contributed by atoms with Gasteiger partial charge in [-0.1, -0.05) is 12.1 Å². The number of aryl methyl sites for hydroxylation is 1. The van der Waals surface area contributed by atoms with Gasteiger partial charge in [0.15, 0.2) is 0 Å². The van der Waals surface area contributed by atoms with Gasteiger partial charge in [-0.15, -0.1) is 0 Å². The van der Waals surface area contributed by atoms with Crippen molar-refractivity contribution in [3.63, 3.8) is 0 Å². The Bertz CT molecular complexity index is 521. The van der Waals surface area contributed by atoms with Gasteiger partial charge in [0.2, 0.25) is 0 Å². The van der Waals surface area contributed by atoms with E-state index in [4.69, 9.17) is 0 Å². The molecule has 0 aliphatic rings. The topological polar surface area (TPSA) is 82.7 Å². The molecule has 106 valence electrons. The zero-order chi connectivity index (χ0) is 14.2. The molecule has 0 bridgehead atoms. The predicted molar refractivity (Wildman–Crippen MR) is 76.2 cm³/mol. The summed E-state index contributed by atoms with van der Waals surface area (Å²) in [6.07, 6.45) is 3.42. The Hall–Kier alpha value is -2.21. The third kappa shape index (κ3) is 4.17. The van der Waals surface area contributed by atoms with Crippen molar-refractivity contribution in [3.05, 3.63) is 47.5 Å². The number of amides is 1. The first-order valence-corrected chi connectivity index (χ1v) is 6.65. The summed E-state index contributed by atoms with van der Waals surface area (Å²) in [4.78, 5) is 15.5. The highest BCUT2D eigenvalue weighted by atomic mass is 16.1. The minimum atomic E-state index is -0.0587. The molecule has 0 saturated carbocycles. The van der Waals surface area contributed by atoms with Crippen LogP contribution in [0.4, 0.5) is 0 Å². The van der Waals surface area contributed by atoms with Crippen molar-refractivity contribution < 1.29 is 4.79 Å². The van der Waals surface area contributed by atoms with Crippen LogP contribution in [0.2, 0.25) is 0 Å². The number of hydrogen-bond acceptors (Lipinski definition) is 4. The third-order valence-electron chi connectivity index (χ3n) is 3.00. The van der Waals surface area contributed by atoms with Crippen molar-refractivity contribution >= 4 is 5.91 Å². The number of hydrogen-bond donors (Lipinski definition) is 3. The molecule has 1 aromatic carbocycles. The SMILES string of the molecule is CNC(=O)c1ccc(CNCCCc2ncn[nH]2)cc1. The van der Waals surface area contributed by atoms with E-state index in [1.165, 1.54) is 6.33 Å². The van der Waals surface area contributed by atoms with E-state index < -0.39 is 0 Å². The van der Waals surface area contributed by atoms with E-state index in [2.05, 4.69) is 25.8 Å². The van der Waals surface area contributed by atoms with Gasteiger partial charge in [-0.2, -0.15) is 5.10 Å². The Morgan fingerprint density at radius 3 is 2.75 bits per heavy atom. The standard InChI is InChI=1S/C14H19N5O/c1-15-14(20)12-6-4-11(5-7-12)9-16-8-2-3-13-17-10-18-19-13/h4-7,10,16H,2-3,8-9H2,1H3,(H,15,20)(H,17,18,19). The van der Waals surface area contributed by atoms with Gasteiger partial charge in [0.25, 0.3) is 5.91 Å². The van der Waals surface area contributed by atoms with Crippen LogP contribution in [-0.2, 0) is 13.0 Å². The van der Waals surface area contributed by atoms with Crippen LogP contribution >= 0.6 is 0 Å². The van der Waals surface area contributed by atoms with Crippen molar-refractivity contribution in [2.45, 2.75) is 19.4 Å². The third-order valence-corrected chi connectivity index (χ3v) is 3.00. The van der Waals surface area contributed by atoms with Crippen LogP contribution in [0.3, 0.4) is 0 Å². The summed E-state index contributed by atoms with van der Waals surface area (Å²) in [6, 6.07) is 7.61. The van der Waals surface area contributed by atoms with Crippen molar-refractivity contribution in [2.75, 3.05) is 13.6 Å². The van der Waals surface area contributed by atoms with Crippen LogP contribution in [0.1, 0.15) is 28.2 Å². The van der Waals surface area contributed by atoms with Gasteiger partial charge in [0.1, 0.15) is 12.2 Å². The molecule has 0 aliphatic heterocycles. The molecular weight excluding hydrogens is 254 g/mol. The number of nitrogens with one attached hydrogen (secondary N) is 3. The maximum Gasteiger partial charge on any atom is 0.251 e. The Kier molecular flexibility index (Phi) is 5.25. The van der Waals surface area contributed by atoms with E-state index in [9.17, 15) is 4.79 Å². The molecule has 1 aromatic heterocycles. The second kappa shape index (κ2) is 7.40. The molecule has 0 aliphatic carbocycles. The molecule has 6 nitrogen and oxygen atoms in total. The Morgan fingerprint density at radius 2 is 2.10 bits per heavy atom. The van der Waals surface area contributed by atoms with E-state index in [0.29, 0.717) is 5.56 Å². The van der Waals surface area contributed by atoms with E-state index >= 15 is 0 Å². The molecule has 0 saturated heterocycles. The normalized spacial score (nSPS) is 10.4. The minimum Gasteiger partial charge on any atom is -0.355 e. The second-order valence-electron chi connectivity index (χ2n) is 4.49. The quantitative estimate of drug-likeness (QED) is 0.654. The average Bonchev–Trinajstić information content (AvgIpc) is 3.00. The first kappa shape index (κ1) is 14.2. The maximum atomic E-state index is 11.4. The van der Waals surface area contributed by atoms with Crippen LogP contribution in [-0.4, -0.2) is 34.7 Å². The predicted octanol–water partition coefficient (Wildman–Crippen LogP) is 0.887. The number of benzene rings is 1. The molecule has 3 N–H and O–H groups in total. The first-order valence-electron chi connectivity index (χ1n) is 6.65. The molecule has 1 amide bonds. The van der Waals surface area contributed by atoms with Crippen molar-refractivity contribution in [1.82, 2.24) is 25.8 Å². The monoisotopic (exact) mass is 273 g/mol. The number of carbonyl (C=O) groups excluding carboxylic acids is 1. The Balaban J connectivity index is 1.67. The zero-order valence-electron chi connectivity index (χ0n) is 11.5. The van der Waals surface area contributed by atoms with Gasteiger partial charge in [0.05, 0.1) is 0 Å². The molecule has 0 fully saturated rings. The summed E-state index contributed by atoms with van der Waals surface area (Å²) in [5, 5.41) is 12.6. The largest absolute Gasteiger partial charge is 0.355 e. The van der Waals surface area contributed by atoms with Crippen LogP contribution in [0, 0.1) is 0 Å². The summed E-state index contributed by atoms with van der Waals surface area (Å²) in [6.45, 7) is 1.71. The molecule has 20 heavy (non-hydrogen) atoms. The van der Waals surface area contributed by atoms with Crippen LogP contribution in [0.25, 0.3) is 0 Å². The fraction of sp³-hybridized carbons (Fsp3) is 0.357. The lowest BCUT2D eigenvalue weighted by Gasteiger charge is -2.05. The number of nitrogens with zero attached hydrogens (tertiary/aromatic N) is 2. The van der Waals surface area contributed by atoms with E-state index in [0.717, 1.165) is 37.3 Å². The van der Waals surface area contributed by atoms with Crippen LogP contribution in [0.5, 0.6) is 0 Å². The molecule has 2 rings (SSSR count). The lowest BCUT2D eigenvalue weighted by atomic mass is 10.1. The van der Waals surface area contributed by atoms with Gasteiger partial charge < -0.3 is 10.6 Å². The molecule has 0 unspecified atom stereocenters. The average molecular weight is 273 g/mol. The summed E-state index contributed by atoms with van der Waals surface area (Å²) >= 11 is 0. The van der Waals surface area contributed by atoms with Gasteiger partial charge in [-0.25, -0.2) is 4.98 Å². The van der Waals surface area contributed by atoms with Crippen LogP contribution < -0.4 is 10.6 Å². The fourth-order valence-corrected chi connectivity index (χ4v) is 1.88. The summed E-state index contributed by atoms with van der Waals surface area (Å²) in [7, 11) is 1.63. The molecule has 6 heteroatoms. The number of carbonyl (C=O) groups is 1. The highest BCUT2D eigenvalue weighted by Crippen LogP contribution is 2.04. The Morgan fingerprint density at radius 1 is 1.30 bits per heavy atom. The van der Waals surface area contributed by atoms with Gasteiger partial charge >= 0.3 is 0 Å². The molecule has 2 aromatic rings. The second-order valence-corrected chi connectivity index (χ2v) is 4.49. The van der Waals surface area contributed by atoms with Crippen molar-refractivity contribution in [1.29, 1.82) is 0 Å². The highest BCUT2D eigenvalue weighted by molar-refractivity contribution is 5.93. The minimum absolute atomic E-state index is 0.0587. The highest BCUT2D eigenvalue weighted by Gasteiger charge is 2.02. The van der Waals surface area contributed by atoms with E-state index in [-0.39, 0.29) is 5.91 Å². The molecule has 0 spiro atoms. The lowest BCUT2D eigenvalue weighted by Crippen LogP contribution is -2.18. The number of H-pyrrole nitrogens is 1. The molecule has 1 heterocycles.